The molecule has 0 rings (SSSR count). The second kappa shape index (κ2) is 5.46. The molecule has 0 aromatic rings. The highest BCUT2D eigenvalue weighted by Gasteiger charge is 2.13. The molecule has 0 aliphatic carbocycles. The van der Waals surface area contributed by atoms with Crippen molar-refractivity contribution < 1.29 is 19.1 Å². The van der Waals surface area contributed by atoms with Crippen molar-refractivity contribution in [2.45, 2.75) is 20.3 Å². The molecule has 0 fully saturated rings. The van der Waals surface area contributed by atoms with Crippen LogP contribution in [0, 0.1) is 6.42 Å². The minimum atomic E-state index is -0.688. The fraction of sp³-hybridized carbons (Fsp3) is 0.500. The van der Waals surface area contributed by atoms with Crippen LogP contribution in [0.5, 0.6) is 0 Å². The molecule has 4 heteroatoms. The number of esters is 1. The summed E-state index contributed by atoms with van der Waals surface area (Å²) in [6, 6.07) is 0. The molecule has 0 heterocycles. The van der Waals surface area contributed by atoms with Gasteiger partial charge >= 0.3 is 5.97 Å². The molecule has 0 unspecified atom stereocenters. The number of carbonyl (C=O) groups excluding carboxylic acids is 3. The van der Waals surface area contributed by atoms with Crippen molar-refractivity contribution >= 4 is 17.5 Å². The summed E-state index contributed by atoms with van der Waals surface area (Å²) in [6.07, 6.45) is 1.76. The van der Waals surface area contributed by atoms with E-state index >= 15 is 0 Å². The van der Waals surface area contributed by atoms with Crippen molar-refractivity contribution in [3.05, 3.63) is 6.42 Å². The summed E-state index contributed by atoms with van der Waals surface area (Å²) in [4.78, 5) is 31.8. The third-order valence-electron chi connectivity index (χ3n) is 1.07. The first-order valence-corrected chi connectivity index (χ1v) is 3.61. The van der Waals surface area contributed by atoms with Crippen LogP contribution in [-0.2, 0) is 19.1 Å². The third-order valence-corrected chi connectivity index (χ3v) is 1.07. The predicted molar refractivity (Wildman–Crippen MR) is 41.2 cm³/mol. The van der Waals surface area contributed by atoms with Crippen molar-refractivity contribution in [1.82, 2.24) is 0 Å². The zero-order valence-electron chi connectivity index (χ0n) is 7.12. The molecule has 0 bridgehead atoms. The summed E-state index contributed by atoms with van der Waals surface area (Å²) >= 11 is 0. The summed E-state index contributed by atoms with van der Waals surface area (Å²) in [5, 5.41) is 0. The lowest BCUT2D eigenvalue weighted by Gasteiger charge is -1.98. The van der Waals surface area contributed by atoms with Gasteiger partial charge in [0, 0.05) is 13.3 Å². The van der Waals surface area contributed by atoms with E-state index in [4.69, 9.17) is 0 Å². The Morgan fingerprint density at radius 3 is 2.33 bits per heavy atom. The summed E-state index contributed by atoms with van der Waals surface area (Å²) < 4.78 is 4.34. The van der Waals surface area contributed by atoms with Crippen LogP contribution >= 0.6 is 0 Å². The number of hydrogen-bond acceptors (Lipinski definition) is 4. The highest BCUT2D eigenvalue weighted by Crippen LogP contribution is 1.90. The molecule has 0 aliphatic rings. The SMILES string of the molecule is CC[CH]C(=O)C(=O)COC(C)=O. The standard InChI is InChI=1S/C8H11O4/c1-3-4-7(10)8(11)5-12-6(2)9/h4H,3,5H2,1-2H3. The van der Waals surface area contributed by atoms with Crippen molar-refractivity contribution in [3.8, 4) is 0 Å². The normalized spacial score (nSPS) is 9.17. The molecule has 0 saturated carbocycles. The number of carbonyl (C=O) groups is 3. The van der Waals surface area contributed by atoms with Gasteiger partial charge in [-0.2, -0.15) is 0 Å². The van der Waals surface area contributed by atoms with E-state index in [1.807, 2.05) is 0 Å². The first-order chi connectivity index (χ1) is 5.57. The summed E-state index contributed by atoms with van der Waals surface area (Å²) in [5.74, 6) is -1.85. The van der Waals surface area contributed by atoms with Gasteiger partial charge in [0.1, 0.15) is 0 Å². The predicted octanol–water partition coefficient (Wildman–Crippen LogP) is 0.302. The molecule has 0 saturated heterocycles. The largest absolute Gasteiger partial charge is 0.457 e. The zero-order valence-corrected chi connectivity index (χ0v) is 7.12. The van der Waals surface area contributed by atoms with Gasteiger partial charge in [-0.25, -0.2) is 0 Å². The van der Waals surface area contributed by atoms with Crippen LogP contribution in [0.4, 0.5) is 0 Å². The van der Waals surface area contributed by atoms with Crippen molar-refractivity contribution in [3.63, 3.8) is 0 Å². The summed E-state index contributed by atoms with van der Waals surface area (Å²) in [6.45, 7) is 2.48. The summed E-state index contributed by atoms with van der Waals surface area (Å²) in [7, 11) is 0. The van der Waals surface area contributed by atoms with Crippen LogP contribution in [0.25, 0.3) is 0 Å². The average Bonchev–Trinajstić information content (AvgIpc) is 2.00. The number of ether oxygens (including phenoxy) is 1. The van der Waals surface area contributed by atoms with Crippen molar-refractivity contribution in [2.24, 2.45) is 0 Å². The first kappa shape index (κ1) is 10.8. The molecule has 0 N–H and O–H groups in total. The second-order valence-corrected chi connectivity index (χ2v) is 2.18. The minimum absolute atomic E-state index is 0.454. The quantitative estimate of drug-likeness (QED) is 0.441. The lowest BCUT2D eigenvalue weighted by Crippen LogP contribution is -2.21. The Kier molecular flexibility index (Phi) is 4.92. The van der Waals surface area contributed by atoms with E-state index in [-0.39, 0.29) is 0 Å². The molecule has 0 spiro atoms. The Labute approximate surface area is 70.9 Å². The van der Waals surface area contributed by atoms with Crippen molar-refractivity contribution in [2.75, 3.05) is 6.61 Å². The van der Waals surface area contributed by atoms with Gasteiger partial charge in [0.15, 0.2) is 6.61 Å². The van der Waals surface area contributed by atoms with Gasteiger partial charge in [-0.15, -0.1) is 0 Å². The molecule has 67 valence electrons. The lowest BCUT2D eigenvalue weighted by molar-refractivity contribution is -0.147. The van der Waals surface area contributed by atoms with Gasteiger partial charge in [0.05, 0.1) is 0 Å². The molecule has 1 radical (unpaired) electrons. The maximum atomic E-state index is 10.8. The second-order valence-electron chi connectivity index (χ2n) is 2.18. The van der Waals surface area contributed by atoms with E-state index in [9.17, 15) is 14.4 Å². The van der Waals surface area contributed by atoms with Gasteiger partial charge in [-0.3, -0.25) is 14.4 Å². The molecule has 0 atom stereocenters. The highest BCUT2D eigenvalue weighted by atomic mass is 16.5. The van der Waals surface area contributed by atoms with E-state index in [2.05, 4.69) is 4.74 Å². The van der Waals surface area contributed by atoms with Crippen LogP contribution in [0.15, 0.2) is 0 Å². The van der Waals surface area contributed by atoms with Gasteiger partial charge in [0.25, 0.3) is 0 Å². The van der Waals surface area contributed by atoms with Crippen LogP contribution in [-0.4, -0.2) is 24.1 Å². The topological polar surface area (TPSA) is 60.4 Å². The smallest absolute Gasteiger partial charge is 0.303 e. The van der Waals surface area contributed by atoms with Crippen LogP contribution in [0.3, 0.4) is 0 Å². The van der Waals surface area contributed by atoms with Gasteiger partial charge in [0.2, 0.25) is 11.6 Å². The highest BCUT2D eigenvalue weighted by molar-refractivity contribution is 6.41. The molecule has 4 nitrogen and oxygen atoms in total. The lowest BCUT2D eigenvalue weighted by atomic mass is 10.2. The average molecular weight is 171 g/mol. The van der Waals surface area contributed by atoms with Crippen LogP contribution in [0.1, 0.15) is 20.3 Å². The number of Topliss-reactive ketones (excluding diaryl/α,β-unsaturated/α-hetero) is 2. The summed E-state index contributed by atoms with van der Waals surface area (Å²) in [5.41, 5.74) is 0. The number of rotatable bonds is 5. The Morgan fingerprint density at radius 1 is 1.33 bits per heavy atom. The Bertz CT molecular complexity index is 195. The van der Waals surface area contributed by atoms with E-state index in [0.29, 0.717) is 6.42 Å². The van der Waals surface area contributed by atoms with Crippen molar-refractivity contribution in [1.29, 1.82) is 0 Å². The molecule has 0 aliphatic heterocycles. The monoisotopic (exact) mass is 171 g/mol. The third kappa shape index (κ3) is 4.60. The van der Waals surface area contributed by atoms with E-state index in [0.717, 1.165) is 0 Å². The molecule has 0 aromatic carbocycles. The minimum Gasteiger partial charge on any atom is -0.457 e. The molecule has 12 heavy (non-hydrogen) atoms. The molecule has 0 amide bonds. The number of hydrogen-bond donors (Lipinski definition) is 0. The fourth-order valence-corrected chi connectivity index (χ4v) is 0.538. The van der Waals surface area contributed by atoms with E-state index in [1.165, 1.54) is 13.3 Å². The fourth-order valence-electron chi connectivity index (χ4n) is 0.538. The van der Waals surface area contributed by atoms with E-state index < -0.39 is 24.1 Å². The van der Waals surface area contributed by atoms with Crippen LogP contribution < -0.4 is 0 Å². The molecular formula is C8H11O4. The zero-order chi connectivity index (χ0) is 9.56. The van der Waals surface area contributed by atoms with Gasteiger partial charge < -0.3 is 4.74 Å². The Morgan fingerprint density at radius 2 is 1.92 bits per heavy atom. The van der Waals surface area contributed by atoms with Gasteiger partial charge in [-0.05, 0) is 6.42 Å². The maximum Gasteiger partial charge on any atom is 0.303 e. The number of ketones is 2. The first-order valence-electron chi connectivity index (χ1n) is 3.61. The van der Waals surface area contributed by atoms with Crippen LogP contribution in [0.2, 0.25) is 0 Å². The molecular weight excluding hydrogens is 160 g/mol. The van der Waals surface area contributed by atoms with Gasteiger partial charge in [-0.1, -0.05) is 6.92 Å². The van der Waals surface area contributed by atoms with E-state index in [1.54, 1.807) is 6.92 Å². The maximum absolute atomic E-state index is 10.8. The molecule has 0 aromatic heterocycles. The Hall–Kier alpha value is -1.19. The Balaban J connectivity index is 3.72.